The number of amides is 2. The second-order valence-electron chi connectivity index (χ2n) is 10.2. The molecule has 0 saturated heterocycles. The van der Waals surface area contributed by atoms with Crippen molar-refractivity contribution in [1.82, 2.24) is 10.3 Å². The van der Waals surface area contributed by atoms with Crippen LogP contribution in [-0.2, 0) is 25.5 Å². The molecule has 13 heteroatoms. The third-order valence-corrected chi connectivity index (χ3v) is 7.09. The van der Waals surface area contributed by atoms with Crippen LogP contribution >= 0.6 is 0 Å². The van der Waals surface area contributed by atoms with Crippen LogP contribution in [0.1, 0.15) is 48.7 Å². The van der Waals surface area contributed by atoms with E-state index in [9.17, 15) is 27.6 Å². The van der Waals surface area contributed by atoms with Crippen molar-refractivity contribution in [2.45, 2.75) is 51.2 Å². The molecule has 0 unspecified atom stereocenters. The van der Waals surface area contributed by atoms with Crippen LogP contribution in [0, 0.1) is 11.8 Å². The van der Waals surface area contributed by atoms with Crippen molar-refractivity contribution in [3.8, 4) is 0 Å². The zero-order valence-corrected chi connectivity index (χ0v) is 23.6. The van der Waals surface area contributed by atoms with E-state index in [-0.39, 0.29) is 17.7 Å². The van der Waals surface area contributed by atoms with Crippen molar-refractivity contribution < 1.29 is 42.2 Å². The Bertz CT molecular complexity index is 1400. The summed E-state index contributed by atoms with van der Waals surface area (Å²) in [4.78, 5) is 50.4. The number of fused-ring (bicyclic) bond motifs is 1. The molecule has 2 amide bonds. The van der Waals surface area contributed by atoms with E-state index in [1.54, 1.807) is 25.1 Å². The molecule has 0 bridgehead atoms. The van der Waals surface area contributed by atoms with Gasteiger partial charge in [-0.25, -0.2) is 9.59 Å². The molecule has 0 aliphatic heterocycles. The van der Waals surface area contributed by atoms with Gasteiger partial charge in [-0.05, 0) is 68.8 Å². The first-order valence-electron chi connectivity index (χ1n) is 13.9. The van der Waals surface area contributed by atoms with Gasteiger partial charge in [0.15, 0.2) is 0 Å². The van der Waals surface area contributed by atoms with Gasteiger partial charge in [-0.1, -0.05) is 36.4 Å². The van der Waals surface area contributed by atoms with Crippen molar-refractivity contribution in [3.05, 3.63) is 65.9 Å². The lowest BCUT2D eigenvalue weighted by Crippen LogP contribution is -2.48. The molecule has 0 radical (unpaired) electrons. The monoisotopic (exact) mass is 604 g/mol. The first kappa shape index (κ1) is 33.1. The molecule has 1 aliphatic rings. The number of esters is 1. The first-order valence-corrected chi connectivity index (χ1v) is 13.9. The number of hydrogen-bond acceptors (Lipinski definition) is 6. The van der Waals surface area contributed by atoms with Gasteiger partial charge in [0.25, 0.3) is 0 Å². The number of aromatic nitrogens is 1. The summed E-state index contributed by atoms with van der Waals surface area (Å²) in [5, 5.41) is 13.9. The minimum absolute atomic E-state index is 0.0829. The molecular weight excluding hydrogens is 569 g/mol. The summed E-state index contributed by atoms with van der Waals surface area (Å²) >= 11 is 0. The van der Waals surface area contributed by atoms with Gasteiger partial charge in [0.1, 0.15) is 11.7 Å². The van der Waals surface area contributed by atoms with Crippen molar-refractivity contribution in [2.75, 3.05) is 18.5 Å². The summed E-state index contributed by atoms with van der Waals surface area (Å²) in [5.74, 6) is -3.18. The number of carbonyl (C=O) groups is 4. The molecule has 1 atom stereocenters. The van der Waals surface area contributed by atoms with Crippen molar-refractivity contribution >= 4 is 40.3 Å². The van der Waals surface area contributed by atoms with E-state index in [1.165, 1.54) is 0 Å². The summed E-state index contributed by atoms with van der Waals surface area (Å²) < 4.78 is 36.8. The van der Waals surface area contributed by atoms with Gasteiger partial charge in [-0.3, -0.25) is 9.59 Å². The number of carboxylic acids is 1. The van der Waals surface area contributed by atoms with Crippen LogP contribution < -0.4 is 16.4 Å². The molecule has 1 saturated carbocycles. The Hall–Kier alpha value is -4.39. The summed E-state index contributed by atoms with van der Waals surface area (Å²) in [6, 6.07) is 16.0. The first-order chi connectivity index (χ1) is 20.4. The predicted octanol–water partition coefficient (Wildman–Crippen LogP) is 4.41. The third-order valence-electron chi connectivity index (χ3n) is 7.09. The maximum Gasteiger partial charge on any atom is 0.490 e. The second-order valence-corrected chi connectivity index (χ2v) is 10.2. The van der Waals surface area contributed by atoms with Crippen LogP contribution in [0.5, 0.6) is 0 Å². The van der Waals surface area contributed by atoms with Crippen LogP contribution in [0.15, 0.2) is 54.6 Å². The van der Waals surface area contributed by atoms with E-state index in [1.807, 2.05) is 36.4 Å². The standard InChI is InChI=1S/C28H34N4O4.C2HF3O2/c1-2-36-28(35)25-15-21-12-13-22(16-23(21)31-25)30-27(34)24(14-18-6-4-3-5-7-18)32-26(33)20-10-8-19(17-29)9-11-20;3-2(4,5)1(6)7/h3-7,12-13,15-16,19-20,24,31H,2,8-11,14,17,29H2,1H3,(H,30,34)(H,32,33);(H,6,7)/t19?,20?,24-;/m1./s1. The molecule has 1 fully saturated rings. The Morgan fingerprint density at radius 1 is 1.05 bits per heavy atom. The summed E-state index contributed by atoms with van der Waals surface area (Å²) in [7, 11) is 0. The number of halogens is 3. The molecule has 1 heterocycles. The Kier molecular flexibility index (Phi) is 11.7. The number of anilines is 1. The Labute approximate surface area is 246 Å². The van der Waals surface area contributed by atoms with Gasteiger partial charge in [0.05, 0.1) is 6.61 Å². The van der Waals surface area contributed by atoms with Gasteiger partial charge in [-0.15, -0.1) is 0 Å². The number of alkyl halides is 3. The third kappa shape index (κ3) is 9.84. The average Bonchev–Trinajstić information content (AvgIpc) is 3.41. The zero-order chi connectivity index (χ0) is 31.6. The number of nitrogens with one attached hydrogen (secondary N) is 3. The molecular formula is C30H35F3N4O6. The molecule has 1 aliphatic carbocycles. The van der Waals surface area contributed by atoms with Gasteiger partial charge >= 0.3 is 18.1 Å². The van der Waals surface area contributed by atoms with Crippen LogP contribution in [0.25, 0.3) is 10.9 Å². The molecule has 1 aromatic heterocycles. The van der Waals surface area contributed by atoms with Crippen LogP contribution in [0.4, 0.5) is 18.9 Å². The fraction of sp³-hybridized carbons (Fsp3) is 0.400. The maximum atomic E-state index is 13.3. The topological polar surface area (TPSA) is 164 Å². The lowest BCUT2D eigenvalue weighted by atomic mass is 9.81. The highest BCUT2D eigenvalue weighted by atomic mass is 19.4. The van der Waals surface area contributed by atoms with Crippen LogP contribution in [0.3, 0.4) is 0 Å². The van der Waals surface area contributed by atoms with Crippen molar-refractivity contribution in [3.63, 3.8) is 0 Å². The highest BCUT2D eigenvalue weighted by Crippen LogP contribution is 2.28. The number of H-pyrrole nitrogens is 1. The molecule has 3 aromatic rings. The van der Waals surface area contributed by atoms with Gasteiger partial charge in [-0.2, -0.15) is 13.2 Å². The smallest absolute Gasteiger partial charge is 0.475 e. The highest BCUT2D eigenvalue weighted by Gasteiger charge is 2.38. The van der Waals surface area contributed by atoms with E-state index in [4.69, 9.17) is 20.4 Å². The van der Waals surface area contributed by atoms with Gasteiger partial charge < -0.3 is 31.2 Å². The summed E-state index contributed by atoms with van der Waals surface area (Å²) in [6.07, 6.45) is -1.24. The SMILES string of the molecule is CCOC(=O)c1cc2ccc(NC(=O)[C@@H](Cc3ccccc3)NC(=O)C3CCC(CN)CC3)cc2[nH]1.O=C(O)C(F)(F)F. The predicted molar refractivity (Wildman–Crippen MR) is 153 cm³/mol. The second kappa shape index (κ2) is 15.2. The highest BCUT2D eigenvalue weighted by molar-refractivity contribution is 6.00. The lowest BCUT2D eigenvalue weighted by Gasteiger charge is -2.28. The number of rotatable bonds is 9. The molecule has 4 rings (SSSR count). The quantitative estimate of drug-likeness (QED) is 0.226. The number of hydrogen-bond donors (Lipinski definition) is 5. The number of carboxylic acid groups (broad SMARTS) is 1. The molecule has 232 valence electrons. The number of ether oxygens (including phenoxy) is 1. The van der Waals surface area contributed by atoms with E-state index >= 15 is 0 Å². The Morgan fingerprint density at radius 2 is 1.70 bits per heavy atom. The minimum Gasteiger partial charge on any atom is -0.475 e. The van der Waals surface area contributed by atoms with Gasteiger partial charge in [0.2, 0.25) is 11.8 Å². The van der Waals surface area contributed by atoms with E-state index in [0.717, 1.165) is 36.6 Å². The van der Waals surface area contributed by atoms with Crippen molar-refractivity contribution in [2.24, 2.45) is 17.6 Å². The summed E-state index contributed by atoms with van der Waals surface area (Å²) in [5.41, 5.74) is 8.38. The average molecular weight is 605 g/mol. The summed E-state index contributed by atoms with van der Waals surface area (Å²) in [6.45, 7) is 2.70. The number of nitrogens with two attached hydrogens (primary N) is 1. The van der Waals surface area contributed by atoms with Crippen LogP contribution in [-0.4, -0.2) is 59.2 Å². The minimum atomic E-state index is -5.08. The Morgan fingerprint density at radius 3 is 2.28 bits per heavy atom. The normalized spacial score (nSPS) is 17.2. The number of carbonyl (C=O) groups excluding carboxylic acids is 3. The largest absolute Gasteiger partial charge is 0.490 e. The van der Waals surface area contributed by atoms with E-state index in [0.29, 0.717) is 42.4 Å². The zero-order valence-electron chi connectivity index (χ0n) is 23.6. The fourth-order valence-corrected chi connectivity index (χ4v) is 4.76. The molecule has 2 aromatic carbocycles. The molecule has 0 spiro atoms. The maximum absolute atomic E-state index is 13.3. The van der Waals surface area contributed by atoms with Crippen LogP contribution in [0.2, 0.25) is 0 Å². The molecule has 10 nitrogen and oxygen atoms in total. The van der Waals surface area contributed by atoms with E-state index in [2.05, 4.69) is 15.6 Å². The molecule has 43 heavy (non-hydrogen) atoms. The number of benzene rings is 2. The number of aromatic amines is 1. The van der Waals surface area contributed by atoms with Crippen molar-refractivity contribution in [1.29, 1.82) is 0 Å². The number of aliphatic carboxylic acids is 1. The lowest BCUT2D eigenvalue weighted by molar-refractivity contribution is -0.192. The van der Waals surface area contributed by atoms with Gasteiger partial charge in [0, 0.05) is 28.9 Å². The fourth-order valence-electron chi connectivity index (χ4n) is 4.76. The van der Waals surface area contributed by atoms with E-state index < -0.39 is 24.2 Å². The molecule has 6 N–H and O–H groups in total. The Balaban J connectivity index is 0.000000646.